The predicted molar refractivity (Wildman–Crippen MR) is 147 cm³/mol. The minimum Gasteiger partial charge on any atom is -0.493 e. The van der Waals surface area contributed by atoms with Crippen LogP contribution in [0.1, 0.15) is 16.7 Å². The van der Waals surface area contributed by atoms with Gasteiger partial charge >= 0.3 is 0 Å². The topological polar surface area (TPSA) is 138 Å². The lowest BCUT2D eigenvalue weighted by Crippen LogP contribution is -2.16. The highest BCUT2D eigenvalue weighted by Gasteiger charge is 2.17. The van der Waals surface area contributed by atoms with Crippen molar-refractivity contribution in [3.8, 4) is 22.2 Å². The number of aliphatic hydroxyl groups excluding tert-OH is 1. The van der Waals surface area contributed by atoms with E-state index in [0.29, 0.717) is 34.6 Å². The molecule has 0 spiro atoms. The molecule has 0 aliphatic carbocycles. The van der Waals surface area contributed by atoms with Crippen LogP contribution in [0.15, 0.2) is 53.6 Å². The number of hydrogen-bond donors (Lipinski definition) is 2. The van der Waals surface area contributed by atoms with Crippen molar-refractivity contribution in [1.29, 1.82) is 0 Å². The number of aryl methyl sites for hydroxylation is 1. The van der Waals surface area contributed by atoms with Crippen molar-refractivity contribution in [2.75, 3.05) is 20.3 Å². The highest BCUT2D eigenvalue weighted by Crippen LogP contribution is 2.37. The molecule has 2 aromatic heterocycles. The van der Waals surface area contributed by atoms with Crippen molar-refractivity contribution in [3.63, 3.8) is 0 Å². The van der Waals surface area contributed by atoms with Gasteiger partial charge in [0.25, 0.3) is 0 Å². The summed E-state index contributed by atoms with van der Waals surface area (Å²) in [5, 5.41) is 15.5. The molecule has 3 aromatic carbocycles. The Morgan fingerprint density at radius 3 is 2.64 bits per heavy atom. The summed E-state index contributed by atoms with van der Waals surface area (Å²) in [7, 11) is -2.54. The van der Waals surface area contributed by atoms with Crippen LogP contribution in [-0.2, 0) is 22.9 Å². The number of thiazole rings is 1. The number of hydrogen-bond acceptors (Lipinski definition) is 9. The van der Waals surface area contributed by atoms with Crippen LogP contribution in [0.25, 0.3) is 31.8 Å². The molecule has 0 atom stereocenters. The molecule has 0 radical (unpaired) electrons. The zero-order valence-electron chi connectivity index (χ0n) is 21.1. The first-order valence-corrected chi connectivity index (χ1v) is 14.3. The number of benzene rings is 3. The van der Waals surface area contributed by atoms with Crippen LogP contribution in [0.3, 0.4) is 0 Å². The summed E-state index contributed by atoms with van der Waals surface area (Å²) in [6.45, 7) is 2.09. The average Bonchev–Trinajstić information content (AvgIpc) is 3.33. The van der Waals surface area contributed by atoms with Crippen molar-refractivity contribution in [3.05, 3.63) is 71.2 Å². The van der Waals surface area contributed by atoms with Crippen LogP contribution in [0.2, 0.25) is 0 Å². The van der Waals surface area contributed by atoms with Crippen LogP contribution < -0.4 is 14.6 Å². The molecule has 5 aromatic rings. The molecule has 12 heteroatoms. The van der Waals surface area contributed by atoms with Gasteiger partial charge in [-0.25, -0.2) is 32.9 Å². The third-order valence-electron chi connectivity index (χ3n) is 6.16. The maximum Gasteiger partial charge on any atom is 0.238 e. The van der Waals surface area contributed by atoms with Gasteiger partial charge in [-0.2, -0.15) is 0 Å². The monoisotopic (exact) mass is 568 g/mol. The molecule has 39 heavy (non-hydrogen) atoms. The Hall–Kier alpha value is -3.71. The standard InChI is InChI=1S/C27H25FN4O5S2/c1-15-9-19(37-8-6-17-3-4-18(28)12-23(17)39(29,34)35)13-22-25(15)32-27(38-22)20-10-16(5-7-33)11-21-26(20)30-14-24(31-21)36-2/h3-4,9-14,33H,5-8H2,1-2H3,(H2,29,34,35). The van der Waals surface area contributed by atoms with Crippen LogP contribution in [0, 0.1) is 12.7 Å². The van der Waals surface area contributed by atoms with Crippen LogP contribution >= 0.6 is 11.3 Å². The first-order chi connectivity index (χ1) is 18.7. The molecule has 0 saturated heterocycles. The van der Waals surface area contributed by atoms with Gasteiger partial charge in [-0.15, -0.1) is 11.3 Å². The van der Waals surface area contributed by atoms with Gasteiger partial charge in [0, 0.05) is 18.6 Å². The van der Waals surface area contributed by atoms with E-state index in [1.165, 1.54) is 30.6 Å². The summed E-state index contributed by atoms with van der Waals surface area (Å²) in [5.74, 6) is 0.316. The van der Waals surface area contributed by atoms with Crippen molar-refractivity contribution in [2.45, 2.75) is 24.7 Å². The molecule has 0 aliphatic heterocycles. The van der Waals surface area contributed by atoms with Gasteiger partial charge in [0.1, 0.15) is 16.6 Å². The lowest BCUT2D eigenvalue weighted by Gasteiger charge is -2.10. The number of sulfonamides is 1. The minimum atomic E-state index is -4.07. The number of aliphatic hydroxyl groups is 1. The van der Waals surface area contributed by atoms with E-state index in [-0.39, 0.29) is 24.5 Å². The number of aromatic nitrogens is 3. The highest BCUT2D eigenvalue weighted by atomic mass is 32.2. The largest absolute Gasteiger partial charge is 0.493 e. The fourth-order valence-corrected chi connectivity index (χ4v) is 6.24. The number of methoxy groups -OCH3 is 1. The maximum absolute atomic E-state index is 13.6. The van der Waals surface area contributed by atoms with Crippen molar-refractivity contribution in [2.24, 2.45) is 5.14 Å². The molecular formula is C27H25FN4O5S2. The Morgan fingerprint density at radius 1 is 1.08 bits per heavy atom. The van der Waals surface area contributed by atoms with Crippen LogP contribution in [-0.4, -0.2) is 48.8 Å². The normalized spacial score (nSPS) is 11.8. The molecule has 9 nitrogen and oxygen atoms in total. The number of nitrogens with zero attached hydrogens (tertiary/aromatic N) is 3. The van der Waals surface area contributed by atoms with E-state index in [9.17, 15) is 17.9 Å². The number of halogens is 1. The van der Waals surface area contributed by atoms with Gasteiger partial charge in [-0.3, -0.25) is 0 Å². The first-order valence-electron chi connectivity index (χ1n) is 12.0. The van der Waals surface area contributed by atoms with Gasteiger partial charge in [0.15, 0.2) is 0 Å². The molecule has 0 bridgehead atoms. The van der Waals surface area contributed by atoms with Gasteiger partial charge in [-0.1, -0.05) is 6.07 Å². The summed E-state index contributed by atoms with van der Waals surface area (Å²) in [6, 6.07) is 11.1. The van der Waals surface area contributed by atoms with Crippen molar-refractivity contribution < 1.29 is 27.4 Å². The summed E-state index contributed by atoms with van der Waals surface area (Å²) in [5.41, 5.74) is 5.14. The van der Waals surface area contributed by atoms with Crippen molar-refractivity contribution >= 4 is 42.6 Å². The molecule has 202 valence electrons. The second-order valence-corrected chi connectivity index (χ2v) is 11.5. The third kappa shape index (κ3) is 5.69. The summed E-state index contributed by atoms with van der Waals surface area (Å²) in [4.78, 5) is 13.7. The van der Waals surface area contributed by atoms with E-state index >= 15 is 0 Å². The fraction of sp³-hybridized carbons (Fsp3) is 0.222. The number of nitrogens with two attached hydrogens (primary N) is 1. The second-order valence-electron chi connectivity index (χ2n) is 8.90. The Balaban J connectivity index is 1.45. The maximum atomic E-state index is 13.6. The number of primary sulfonamides is 1. The van der Waals surface area contributed by atoms with Gasteiger partial charge in [-0.05, 0) is 66.4 Å². The Morgan fingerprint density at radius 2 is 1.90 bits per heavy atom. The molecule has 0 amide bonds. The van der Waals surface area contributed by atoms with E-state index in [2.05, 4.69) is 9.97 Å². The number of ether oxygens (including phenoxy) is 2. The predicted octanol–water partition coefficient (Wildman–Crippen LogP) is 4.17. The lowest BCUT2D eigenvalue weighted by molar-refractivity contribution is 0.299. The molecule has 2 heterocycles. The SMILES string of the molecule is COc1cnc2c(-c3nc4c(C)cc(OCCc5ccc(F)cc5S(N)(=O)=O)cc4s3)cc(CCO)cc2n1. The van der Waals surface area contributed by atoms with E-state index in [1.54, 1.807) is 6.20 Å². The second kappa shape index (κ2) is 10.8. The molecule has 0 saturated carbocycles. The molecule has 0 aliphatic rings. The summed E-state index contributed by atoms with van der Waals surface area (Å²) in [6.07, 6.45) is 2.25. The smallest absolute Gasteiger partial charge is 0.238 e. The van der Waals surface area contributed by atoms with Gasteiger partial charge in [0.2, 0.25) is 15.9 Å². The molecule has 3 N–H and O–H groups in total. The molecule has 5 rings (SSSR count). The number of rotatable bonds is 9. The zero-order chi connectivity index (χ0) is 27.7. The first kappa shape index (κ1) is 26.9. The highest BCUT2D eigenvalue weighted by molar-refractivity contribution is 7.89. The Labute approximate surface area is 228 Å². The number of fused-ring (bicyclic) bond motifs is 2. The third-order valence-corrected chi connectivity index (χ3v) is 8.19. The van der Waals surface area contributed by atoms with Gasteiger partial charge in [0.05, 0.1) is 46.1 Å². The minimum absolute atomic E-state index is 0.00137. The quantitative estimate of drug-likeness (QED) is 0.270. The van der Waals surface area contributed by atoms with E-state index in [0.717, 1.165) is 38.0 Å². The molecular weight excluding hydrogens is 543 g/mol. The Kier molecular flexibility index (Phi) is 7.45. The van der Waals surface area contributed by atoms with Crippen molar-refractivity contribution in [1.82, 2.24) is 15.0 Å². The summed E-state index contributed by atoms with van der Waals surface area (Å²) < 4.78 is 49.4. The fourth-order valence-electron chi connectivity index (χ4n) is 4.34. The average molecular weight is 569 g/mol. The molecule has 0 unspecified atom stereocenters. The Bertz CT molecular complexity index is 1810. The van der Waals surface area contributed by atoms with Gasteiger partial charge < -0.3 is 14.6 Å². The van der Waals surface area contributed by atoms with Crippen LogP contribution in [0.5, 0.6) is 11.6 Å². The lowest BCUT2D eigenvalue weighted by atomic mass is 10.1. The van der Waals surface area contributed by atoms with E-state index in [4.69, 9.17) is 19.6 Å². The summed E-state index contributed by atoms with van der Waals surface area (Å²) >= 11 is 1.48. The van der Waals surface area contributed by atoms with E-state index < -0.39 is 15.8 Å². The molecule has 0 fully saturated rings. The zero-order valence-corrected chi connectivity index (χ0v) is 22.8. The van der Waals surface area contributed by atoms with Crippen LogP contribution in [0.4, 0.5) is 4.39 Å². The van der Waals surface area contributed by atoms with E-state index in [1.807, 2.05) is 31.2 Å².